The number of thiophene rings is 1. The van der Waals surface area contributed by atoms with E-state index in [1.807, 2.05) is 22.8 Å². The summed E-state index contributed by atoms with van der Waals surface area (Å²) in [6, 6.07) is 8.10. The Bertz CT molecular complexity index is 658. The Morgan fingerprint density at radius 3 is 3.00 bits per heavy atom. The smallest absolute Gasteiger partial charge is 0.201 e. The van der Waals surface area contributed by atoms with Gasteiger partial charge in [0.15, 0.2) is 0 Å². The predicted molar refractivity (Wildman–Crippen MR) is 75.3 cm³/mol. The van der Waals surface area contributed by atoms with E-state index in [9.17, 15) is 0 Å². The van der Waals surface area contributed by atoms with Crippen LogP contribution in [0.15, 0.2) is 39.5 Å². The van der Waals surface area contributed by atoms with Crippen molar-refractivity contribution in [1.29, 1.82) is 0 Å². The minimum atomic E-state index is 0.560. The molecule has 0 saturated heterocycles. The number of nitrogens with zero attached hydrogens (tertiary/aromatic N) is 2. The van der Waals surface area contributed by atoms with Crippen LogP contribution in [0.2, 0.25) is 0 Å². The van der Waals surface area contributed by atoms with Gasteiger partial charge in [0.25, 0.3) is 0 Å². The molecular formula is C12H10BrN3S. The van der Waals surface area contributed by atoms with Crippen molar-refractivity contribution >= 4 is 44.2 Å². The Morgan fingerprint density at radius 2 is 2.24 bits per heavy atom. The molecular weight excluding hydrogens is 298 g/mol. The molecule has 17 heavy (non-hydrogen) atoms. The predicted octanol–water partition coefficient (Wildman–Crippen LogP) is 3.49. The van der Waals surface area contributed by atoms with E-state index in [0.29, 0.717) is 5.95 Å². The lowest BCUT2D eigenvalue weighted by molar-refractivity contribution is 0.842. The molecule has 3 rings (SSSR count). The lowest BCUT2D eigenvalue weighted by Gasteiger charge is -2.04. The summed E-state index contributed by atoms with van der Waals surface area (Å²) in [5.41, 5.74) is 9.20. The van der Waals surface area contributed by atoms with Crippen LogP contribution in [0.1, 0.15) is 5.56 Å². The van der Waals surface area contributed by atoms with Crippen LogP contribution in [0, 0.1) is 0 Å². The van der Waals surface area contributed by atoms with Crippen molar-refractivity contribution in [3.8, 4) is 0 Å². The van der Waals surface area contributed by atoms with E-state index in [1.54, 1.807) is 11.3 Å². The van der Waals surface area contributed by atoms with E-state index < -0.39 is 0 Å². The van der Waals surface area contributed by atoms with Crippen molar-refractivity contribution in [2.24, 2.45) is 0 Å². The summed E-state index contributed by atoms with van der Waals surface area (Å²) in [4.78, 5) is 4.36. The third-order valence-corrected chi connectivity index (χ3v) is 3.89. The number of benzene rings is 1. The molecule has 0 radical (unpaired) electrons. The molecule has 0 aliphatic rings. The molecule has 0 amide bonds. The van der Waals surface area contributed by atoms with Gasteiger partial charge >= 0.3 is 0 Å². The normalized spacial score (nSPS) is 11.1. The summed E-state index contributed by atoms with van der Waals surface area (Å²) in [7, 11) is 0. The van der Waals surface area contributed by atoms with E-state index >= 15 is 0 Å². The van der Waals surface area contributed by atoms with E-state index in [0.717, 1.165) is 22.1 Å². The van der Waals surface area contributed by atoms with Gasteiger partial charge < -0.3 is 10.3 Å². The van der Waals surface area contributed by atoms with Gasteiger partial charge in [-0.2, -0.15) is 11.3 Å². The summed E-state index contributed by atoms with van der Waals surface area (Å²) < 4.78 is 3.07. The highest BCUT2D eigenvalue weighted by Gasteiger charge is 2.08. The Morgan fingerprint density at radius 1 is 1.35 bits per heavy atom. The molecule has 3 nitrogen and oxygen atoms in total. The summed E-state index contributed by atoms with van der Waals surface area (Å²) in [5.74, 6) is 0.560. The summed E-state index contributed by atoms with van der Waals surface area (Å²) in [6.45, 7) is 0.766. The first-order valence-corrected chi connectivity index (χ1v) is 6.90. The maximum absolute atomic E-state index is 5.96. The fraction of sp³-hybridized carbons (Fsp3) is 0.0833. The number of fused-ring (bicyclic) bond motifs is 1. The maximum Gasteiger partial charge on any atom is 0.201 e. The lowest BCUT2D eigenvalue weighted by Crippen LogP contribution is -2.03. The molecule has 0 fully saturated rings. The first-order chi connectivity index (χ1) is 8.24. The number of halogens is 1. The molecule has 0 unspecified atom stereocenters. The van der Waals surface area contributed by atoms with Gasteiger partial charge in [-0.05, 0) is 40.6 Å². The quantitative estimate of drug-likeness (QED) is 0.787. The first-order valence-electron chi connectivity index (χ1n) is 5.16. The fourth-order valence-corrected chi connectivity index (χ4v) is 2.85. The van der Waals surface area contributed by atoms with Gasteiger partial charge in [0.1, 0.15) is 0 Å². The molecule has 2 heterocycles. The third kappa shape index (κ3) is 1.96. The van der Waals surface area contributed by atoms with Crippen LogP contribution in [0.4, 0.5) is 5.95 Å². The topological polar surface area (TPSA) is 43.8 Å². The zero-order valence-corrected chi connectivity index (χ0v) is 11.3. The van der Waals surface area contributed by atoms with E-state index in [2.05, 4.69) is 37.7 Å². The van der Waals surface area contributed by atoms with Crippen molar-refractivity contribution in [1.82, 2.24) is 9.55 Å². The van der Waals surface area contributed by atoms with E-state index in [-0.39, 0.29) is 0 Å². The Balaban J connectivity index is 2.14. The van der Waals surface area contributed by atoms with Crippen LogP contribution in [-0.4, -0.2) is 9.55 Å². The Kier molecular flexibility index (Phi) is 2.64. The molecule has 5 heteroatoms. The van der Waals surface area contributed by atoms with Crippen LogP contribution >= 0.6 is 27.3 Å². The highest BCUT2D eigenvalue weighted by molar-refractivity contribution is 9.10. The standard InChI is InChI=1S/C12H10BrN3S/c13-9-1-2-10-11(5-9)16(12(14)15-10)6-8-3-4-17-7-8/h1-5,7H,6H2,(H2,14,15). The number of anilines is 1. The number of aromatic nitrogens is 2. The molecule has 2 aromatic heterocycles. The number of imidazole rings is 1. The monoisotopic (exact) mass is 307 g/mol. The minimum Gasteiger partial charge on any atom is -0.369 e. The average molecular weight is 308 g/mol. The number of hydrogen-bond acceptors (Lipinski definition) is 3. The van der Waals surface area contributed by atoms with Crippen molar-refractivity contribution in [2.75, 3.05) is 5.73 Å². The van der Waals surface area contributed by atoms with E-state index in [4.69, 9.17) is 5.73 Å². The number of nitrogens with two attached hydrogens (primary N) is 1. The van der Waals surface area contributed by atoms with Crippen LogP contribution in [0.3, 0.4) is 0 Å². The van der Waals surface area contributed by atoms with Gasteiger partial charge in [-0.15, -0.1) is 0 Å². The summed E-state index contributed by atoms with van der Waals surface area (Å²) >= 11 is 5.17. The van der Waals surface area contributed by atoms with Crippen molar-refractivity contribution in [3.05, 3.63) is 45.1 Å². The SMILES string of the molecule is Nc1nc2ccc(Br)cc2n1Cc1ccsc1. The third-order valence-electron chi connectivity index (χ3n) is 2.66. The largest absolute Gasteiger partial charge is 0.369 e. The summed E-state index contributed by atoms with van der Waals surface area (Å²) in [6.07, 6.45) is 0. The van der Waals surface area contributed by atoms with Crippen molar-refractivity contribution in [3.63, 3.8) is 0 Å². The molecule has 0 bridgehead atoms. The average Bonchev–Trinajstić information content (AvgIpc) is 2.90. The molecule has 86 valence electrons. The van der Waals surface area contributed by atoms with Crippen LogP contribution in [-0.2, 0) is 6.54 Å². The zero-order valence-electron chi connectivity index (χ0n) is 8.93. The lowest BCUT2D eigenvalue weighted by atomic mass is 10.3. The minimum absolute atomic E-state index is 0.560. The van der Waals surface area contributed by atoms with Gasteiger partial charge in [0.2, 0.25) is 5.95 Å². The van der Waals surface area contributed by atoms with Crippen molar-refractivity contribution in [2.45, 2.75) is 6.54 Å². The van der Waals surface area contributed by atoms with Gasteiger partial charge in [-0.3, -0.25) is 0 Å². The molecule has 0 saturated carbocycles. The molecule has 0 aliphatic heterocycles. The second-order valence-corrected chi connectivity index (χ2v) is 5.52. The van der Waals surface area contributed by atoms with Crippen LogP contribution < -0.4 is 5.73 Å². The van der Waals surface area contributed by atoms with Gasteiger partial charge in [0.05, 0.1) is 17.6 Å². The summed E-state index contributed by atoms with van der Waals surface area (Å²) in [5, 5.41) is 4.20. The fourth-order valence-electron chi connectivity index (χ4n) is 1.85. The van der Waals surface area contributed by atoms with Gasteiger partial charge in [0, 0.05) is 4.47 Å². The molecule has 2 N–H and O–H groups in total. The molecule has 0 aliphatic carbocycles. The van der Waals surface area contributed by atoms with Crippen LogP contribution in [0.25, 0.3) is 11.0 Å². The second kappa shape index (κ2) is 4.16. The van der Waals surface area contributed by atoms with Crippen molar-refractivity contribution < 1.29 is 0 Å². The zero-order chi connectivity index (χ0) is 11.8. The van der Waals surface area contributed by atoms with Gasteiger partial charge in [-0.1, -0.05) is 15.9 Å². The molecule has 1 aromatic carbocycles. The number of hydrogen-bond donors (Lipinski definition) is 1. The Hall–Kier alpha value is -1.33. The molecule has 0 atom stereocenters. The number of rotatable bonds is 2. The second-order valence-electron chi connectivity index (χ2n) is 3.82. The first kappa shape index (κ1) is 10.8. The molecule has 3 aromatic rings. The highest BCUT2D eigenvalue weighted by atomic mass is 79.9. The Labute approximate surface area is 111 Å². The molecule has 0 spiro atoms. The highest BCUT2D eigenvalue weighted by Crippen LogP contribution is 2.23. The number of nitrogen functional groups attached to an aromatic ring is 1. The van der Waals surface area contributed by atoms with Gasteiger partial charge in [-0.25, -0.2) is 4.98 Å². The maximum atomic E-state index is 5.96. The van der Waals surface area contributed by atoms with E-state index in [1.165, 1.54) is 5.56 Å². The van der Waals surface area contributed by atoms with Crippen LogP contribution in [0.5, 0.6) is 0 Å².